The van der Waals surface area contributed by atoms with E-state index in [-0.39, 0.29) is 5.82 Å². The van der Waals surface area contributed by atoms with Crippen LogP contribution in [0.5, 0.6) is 11.5 Å². The van der Waals surface area contributed by atoms with Gasteiger partial charge in [0.25, 0.3) is 0 Å². The van der Waals surface area contributed by atoms with E-state index in [0.29, 0.717) is 29.7 Å². The molecule has 2 N–H and O–H groups in total. The van der Waals surface area contributed by atoms with Gasteiger partial charge in [-0.25, -0.2) is 4.39 Å². The molecule has 0 saturated carbocycles. The van der Waals surface area contributed by atoms with Gasteiger partial charge < -0.3 is 24.7 Å². The standard InChI is InChI=1S/C22H26FN3O2S/c1-14-17(18-12-16(23)6-7-19(18)25-14)9-10-26(22(29)24-2)13-15-5-8-20(27-3)21(11-15)28-4/h5-8,11-12,25H,9-10,13H2,1-4H3,(H,24,29). The first-order chi connectivity index (χ1) is 14.0. The van der Waals surface area contributed by atoms with Gasteiger partial charge in [0.1, 0.15) is 5.82 Å². The highest BCUT2D eigenvalue weighted by atomic mass is 32.1. The van der Waals surface area contributed by atoms with Crippen molar-refractivity contribution in [1.29, 1.82) is 0 Å². The summed E-state index contributed by atoms with van der Waals surface area (Å²) >= 11 is 5.52. The van der Waals surface area contributed by atoms with Gasteiger partial charge in [-0.1, -0.05) is 6.07 Å². The number of thiocarbonyl (C=S) groups is 1. The van der Waals surface area contributed by atoms with Crippen LogP contribution in [0, 0.1) is 12.7 Å². The summed E-state index contributed by atoms with van der Waals surface area (Å²) in [6.07, 6.45) is 0.740. The van der Waals surface area contributed by atoms with Crippen LogP contribution < -0.4 is 14.8 Å². The quantitative estimate of drug-likeness (QED) is 0.567. The number of aryl methyl sites for hydroxylation is 1. The molecule has 1 aromatic heterocycles. The molecule has 154 valence electrons. The van der Waals surface area contributed by atoms with Crippen molar-refractivity contribution in [2.45, 2.75) is 19.9 Å². The normalized spacial score (nSPS) is 10.8. The number of ether oxygens (including phenoxy) is 2. The monoisotopic (exact) mass is 415 g/mol. The number of aromatic nitrogens is 1. The second kappa shape index (κ2) is 9.13. The summed E-state index contributed by atoms with van der Waals surface area (Å²) in [5.41, 5.74) is 4.16. The number of nitrogens with zero attached hydrogens (tertiary/aromatic N) is 1. The Bertz CT molecular complexity index is 1020. The summed E-state index contributed by atoms with van der Waals surface area (Å²) in [7, 11) is 5.05. The zero-order chi connectivity index (χ0) is 21.0. The maximum atomic E-state index is 13.8. The molecule has 5 nitrogen and oxygen atoms in total. The molecule has 0 unspecified atom stereocenters. The van der Waals surface area contributed by atoms with Crippen molar-refractivity contribution in [3.05, 3.63) is 59.0 Å². The summed E-state index contributed by atoms with van der Waals surface area (Å²) in [4.78, 5) is 5.43. The van der Waals surface area contributed by atoms with Gasteiger partial charge in [-0.15, -0.1) is 0 Å². The summed E-state index contributed by atoms with van der Waals surface area (Å²) in [6.45, 7) is 3.33. The fraction of sp³-hybridized carbons (Fsp3) is 0.318. The highest BCUT2D eigenvalue weighted by Gasteiger charge is 2.15. The molecule has 0 fully saturated rings. The average molecular weight is 416 g/mol. The lowest BCUT2D eigenvalue weighted by molar-refractivity contribution is 0.353. The van der Waals surface area contributed by atoms with Crippen LogP contribution in [0.15, 0.2) is 36.4 Å². The van der Waals surface area contributed by atoms with Gasteiger partial charge in [0.15, 0.2) is 16.6 Å². The highest BCUT2D eigenvalue weighted by Crippen LogP contribution is 2.28. The molecule has 29 heavy (non-hydrogen) atoms. The van der Waals surface area contributed by atoms with Crippen LogP contribution in [0.2, 0.25) is 0 Å². The molecule has 0 bridgehead atoms. The number of nitrogens with one attached hydrogen (secondary N) is 2. The van der Waals surface area contributed by atoms with Gasteiger partial charge in [-0.05, 0) is 67.0 Å². The largest absolute Gasteiger partial charge is 0.493 e. The van der Waals surface area contributed by atoms with Crippen LogP contribution in [0.25, 0.3) is 10.9 Å². The zero-order valence-electron chi connectivity index (χ0n) is 17.1. The van der Waals surface area contributed by atoms with Crippen LogP contribution in [-0.2, 0) is 13.0 Å². The van der Waals surface area contributed by atoms with E-state index in [1.165, 1.54) is 6.07 Å². The number of rotatable bonds is 7. The fourth-order valence-corrected chi connectivity index (χ4v) is 3.69. The van der Waals surface area contributed by atoms with E-state index >= 15 is 0 Å². The summed E-state index contributed by atoms with van der Waals surface area (Å²) in [5, 5.41) is 4.64. The number of aromatic amines is 1. The van der Waals surface area contributed by atoms with Crippen molar-refractivity contribution in [3.63, 3.8) is 0 Å². The number of hydrogen-bond donors (Lipinski definition) is 2. The third kappa shape index (κ3) is 4.62. The molecule has 3 rings (SSSR count). The number of benzene rings is 2. The maximum absolute atomic E-state index is 13.8. The van der Waals surface area contributed by atoms with Crippen molar-refractivity contribution >= 4 is 28.2 Å². The molecule has 7 heteroatoms. The number of H-pyrrole nitrogens is 1. The fourth-order valence-electron chi connectivity index (χ4n) is 3.53. The van der Waals surface area contributed by atoms with Crippen LogP contribution >= 0.6 is 12.2 Å². The molecule has 0 saturated heterocycles. The van der Waals surface area contributed by atoms with E-state index in [2.05, 4.69) is 15.2 Å². The second-order valence-corrected chi connectivity index (χ2v) is 7.22. The Morgan fingerprint density at radius 2 is 1.90 bits per heavy atom. The van der Waals surface area contributed by atoms with Crippen LogP contribution in [0.1, 0.15) is 16.8 Å². The second-order valence-electron chi connectivity index (χ2n) is 6.83. The first kappa shape index (κ1) is 20.9. The lowest BCUT2D eigenvalue weighted by Gasteiger charge is -2.25. The van der Waals surface area contributed by atoms with Gasteiger partial charge in [-0.3, -0.25) is 0 Å². The highest BCUT2D eigenvalue weighted by molar-refractivity contribution is 7.80. The van der Waals surface area contributed by atoms with Crippen LogP contribution in [0.4, 0.5) is 4.39 Å². The van der Waals surface area contributed by atoms with E-state index in [9.17, 15) is 4.39 Å². The summed E-state index contributed by atoms with van der Waals surface area (Å²) in [6, 6.07) is 10.7. The molecular formula is C22H26FN3O2S. The van der Waals surface area contributed by atoms with E-state index in [1.54, 1.807) is 26.4 Å². The predicted octanol–water partition coefficient (Wildman–Crippen LogP) is 4.18. The molecule has 1 heterocycles. The van der Waals surface area contributed by atoms with Crippen molar-refractivity contribution in [1.82, 2.24) is 15.2 Å². The van der Waals surface area contributed by atoms with Gasteiger partial charge in [0.2, 0.25) is 0 Å². The SMILES string of the molecule is CNC(=S)N(CCc1c(C)[nH]c2ccc(F)cc12)Cc1ccc(OC)c(OC)c1. The Kier molecular flexibility index (Phi) is 6.59. The Morgan fingerprint density at radius 3 is 2.59 bits per heavy atom. The van der Waals surface area contributed by atoms with Gasteiger partial charge in [0.05, 0.1) is 14.2 Å². The zero-order valence-corrected chi connectivity index (χ0v) is 18.0. The third-order valence-corrected chi connectivity index (χ3v) is 5.50. The van der Waals surface area contributed by atoms with Crippen molar-refractivity contribution in [2.24, 2.45) is 0 Å². The Labute approximate surface area is 175 Å². The predicted molar refractivity (Wildman–Crippen MR) is 118 cm³/mol. The summed E-state index contributed by atoms with van der Waals surface area (Å²) in [5.74, 6) is 1.14. The maximum Gasteiger partial charge on any atom is 0.168 e. The van der Waals surface area contributed by atoms with Crippen molar-refractivity contribution in [3.8, 4) is 11.5 Å². The van der Waals surface area contributed by atoms with Crippen molar-refractivity contribution < 1.29 is 13.9 Å². The molecule has 0 aliphatic heterocycles. The number of hydrogen-bond acceptors (Lipinski definition) is 3. The van der Waals surface area contributed by atoms with Gasteiger partial charge in [-0.2, -0.15) is 0 Å². The number of fused-ring (bicyclic) bond motifs is 1. The van der Waals surface area contributed by atoms with Gasteiger partial charge in [0, 0.05) is 36.7 Å². The van der Waals surface area contributed by atoms with Crippen LogP contribution in [0.3, 0.4) is 0 Å². The molecule has 3 aromatic rings. The third-order valence-electron chi connectivity index (χ3n) is 5.04. The molecule has 0 amide bonds. The van der Waals surface area contributed by atoms with Gasteiger partial charge >= 0.3 is 0 Å². The van der Waals surface area contributed by atoms with E-state index in [0.717, 1.165) is 34.1 Å². The molecular weight excluding hydrogens is 389 g/mol. The first-order valence-corrected chi connectivity index (χ1v) is 9.82. The molecule has 0 spiro atoms. The summed E-state index contributed by atoms with van der Waals surface area (Å²) < 4.78 is 24.5. The Balaban J connectivity index is 1.81. The molecule has 0 radical (unpaired) electrons. The minimum absolute atomic E-state index is 0.231. The van der Waals surface area contributed by atoms with Crippen molar-refractivity contribution in [2.75, 3.05) is 27.8 Å². The number of methoxy groups -OCH3 is 2. The topological polar surface area (TPSA) is 49.5 Å². The lowest BCUT2D eigenvalue weighted by atomic mass is 10.1. The van der Waals surface area contributed by atoms with E-state index in [4.69, 9.17) is 21.7 Å². The van der Waals surface area contributed by atoms with Crippen LogP contribution in [-0.4, -0.2) is 42.8 Å². The Hall–Kier alpha value is -2.80. The first-order valence-electron chi connectivity index (χ1n) is 9.41. The minimum atomic E-state index is -0.231. The molecule has 2 aromatic carbocycles. The minimum Gasteiger partial charge on any atom is -0.493 e. The lowest BCUT2D eigenvalue weighted by Crippen LogP contribution is -2.38. The molecule has 0 aliphatic rings. The molecule has 0 atom stereocenters. The smallest absolute Gasteiger partial charge is 0.168 e. The number of halogens is 1. The van der Waals surface area contributed by atoms with E-state index in [1.807, 2.05) is 32.2 Å². The molecule has 0 aliphatic carbocycles. The Morgan fingerprint density at radius 1 is 1.14 bits per heavy atom. The average Bonchev–Trinajstić information content (AvgIpc) is 3.04. The van der Waals surface area contributed by atoms with E-state index < -0.39 is 0 Å².